The molecule has 0 radical (unpaired) electrons. The number of fused-ring (bicyclic) bond motifs is 1. The highest BCUT2D eigenvalue weighted by Crippen LogP contribution is 2.32. The molecular weight excluding hydrogens is 218 g/mol. The van der Waals surface area contributed by atoms with E-state index in [1.807, 2.05) is 41.8 Å². The van der Waals surface area contributed by atoms with Crippen LogP contribution in [0.2, 0.25) is 0 Å². The van der Waals surface area contributed by atoms with Gasteiger partial charge in [-0.05, 0) is 11.4 Å². The van der Waals surface area contributed by atoms with Crippen LogP contribution in [0.5, 0.6) is 5.75 Å². The van der Waals surface area contributed by atoms with Crippen molar-refractivity contribution in [3.8, 4) is 17.0 Å². The number of benzene rings is 1. The molecule has 3 aromatic rings. The van der Waals surface area contributed by atoms with Gasteiger partial charge in [-0.15, -0.1) is 11.3 Å². The molecule has 2 nitrogen and oxygen atoms in total. The Bertz CT molecular complexity index is 631. The highest BCUT2D eigenvalue weighted by atomic mass is 32.1. The molecule has 0 aliphatic rings. The quantitative estimate of drug-likeness (QED) is 0.688. The molecule has 1 aromatic carbocycles. The molecule has 0 fully saturated rings. The molecule has 0 amide bonds. The van der Waals surface area contributed by atoms with Gasteiger partial charge in [0, 0.05) is 11.6 Å². The lowest BCUT2D eigenvalue weighted by Gasteiger charge is -2.02. The SMILES string of the molecule is Oc1cc(-c2ccccc2)nc2ccsc12. The predicted molar refractivity (Wildman–Crippen MR) is 66.7 cm³/mol. The lowest BCUT2D eigenvalue weighted by molar-refractivity contribution is 0.482. The van der Waals surface area contributed by atoms with E-state index in [0.717, 1.165) is 21.5 Å². The molecule has 1 N–H and O–H groups in total. The summed E-state index contributed by atoms with van der Waals surface area (Å²) >= 11 is 1.51. The van der Waals surface area contributed by atoms with Crippen molar-refractivity contribution in [3.63, 3.8) is 0 Å². The smallest absolute Gasteiger partial charge is 0.137 e. The second-order valence-electron chi connectivity index (χ2n) is 3.53. The first-order chi connectivity index (χ1) is 7.84. The minimum absolute atomic E-state index is 0.304. The largest absolute Gasteiger partial charge is 0.506 e. The third kappa shape index (κ3) is 1.46. The van der Waals surface area contributed by atoms with E-state index in [9.17, 15) is 5.11 Å². The maximum Gasteiger partial charge on any atom is 0.137 e. The van der Waals surface area contributed by atoms with Gasteiger partial charge in [0.1, 0.15) is 5.75 Å². The maximum atomic E-state index is 9.87. The van der Waals surface area contributed by atoms with Crippen LogP contribution in [-0.2, 0) is 0 Å². The molecule has 2 aromatic heterocycles. The second-order valence-corrected chi connectivity index (χ2v) is 4.44. The van der Waals surface area contributed by atoms with Crippen molar-refractivity contribution in [2.75, 3.05) is 0 Å². The van der Waals surface area contributed by atoms with Gasteiger partial charge in [0.25, 0.3) is 0 Å². The summed E-state index contributed by atoms with van der Waals surface area (Å²) in [7, 11) is 0. The van der Waals surface area contributed by atoms with E-state index >= 15 is 0 Å². The zero-order chi connectivity index (χ0) is 11.0. The van der Waals surface area contributed by atoms with E-state index in [1.54, 1.807) is 6.07 Å². The van der Waals surface area contributed by atoms with E-state index in [0.29, 0.717) is 5.75 Å². The number of rotatable bonds is 1. The Morgan fingerprint density at radius 1 is 1.06 bits per heavy atom. The first-order valence-electron chi connectivity index (χ1n) is 4.97. The number of hydrogen-bond donors (Lipinski definition) is 1. The van der Waals surface area contributed by atoms with E-state index in [2.05, 4.69) is 4.98 Å². The summed E-state index contributed by atoms with van der Waals surface area (Å²) in [6.45, 7) is 0. The van der Waals surface area contributed by atoms with Crippen LogP contribution in [-0.4, -0.2) is 10.1 Å². The summed E-state index contributed by atoms with van der Waals surface area (Å²) in [6.07, 6.45) is 0. The molecule has 0 spiro atoms. The Kier molecular flexibility index (Phi) is 2.11. The maximum absolute atomic E-state index is 9.87. The molecule has 0 aliphatic carbocycles. The van der Waals surface area contributed by atoms with Gasteiger partial charge in [-0.2, -0.15) is 0 Å². The molecule has 0 aliphatic heterocycles. The molecule has 0 saturated heterocycles. The van der Waals surface area contributed by atoms with Crippen LogP contribution in [0.3, 0.4) is 0 Å². The highest BCUT2D eigenvalue weighted by Gasteiger charge is 2.06. The topological polar surface area (TPSA) is 33.1 Å². The van der Waals surface area contributed by atoms with Crippen molar-refractivity contribution in [1.29, 1.82) is 0 Å². The molecule has 0 saturated carbocycles. The molecule has 78 valence electrons. The van der Waals surface area contributed by atoms with Gasteiger partial charge >= 0.3 is 0 Å². The Hall–Kier alpha value is -1.87. The second kappa shape index (κ2) is 3.61. The van der Waals surface area contributed by atoms with Crippen molar-refractivity contribution in [2.45, 2.75) is 0 Å². The van der Waals surface area contributed by atoms with Gasteiger partial charge in [-0.3, -0.25) is 0 Å². The lowest BCUT2D eigenvalue weighted by atomic mass is 10.1. The first-order valence-corrected chi connectivity index (χ1v) is 5.85. The van der Waals surface area contributed by atoms with Crippen LogP contribution in [0, 0.1) is 0 Å². The molecule has 3 rings (SSSR count). The molecule has 2 heterocycles. The zero-order valence-corrected chi connectivity index (χ0v) is 9.24. The first kappa shape index (κ1) is 9.36. The molecule has 0 atom stereocenters. The van der Waals surface area contributed by atoms with Gasteiger partial charge in [0.05, 0.1) is 15.9 Å². The molecule has 0 unspecified atom stereocenters. The summed E-state index contributed by atoms with van der Waals surface area (Å²) < 4.78 is 0.847. The van der Waals surface area contributed by atoms with Crippen molar-refractivity contribution >= 4 is 21.6 Å². The van der Waals surface area contributed by atoms with Crippen molar-refractivity contribution in [1.82, 2.24) is 4.98 Å². The summed E-state index contributed by atoms with van der Waals surface area (Å²) in [4.78, 5) is 4.52. The van der Waals surface area contributed by atoms with Gasteiger partial charge < -0.3 is 5.11 Å². The fourth-order valence-electron chi connectivity index (χ4n) is 1.70. The third-order valence-electron chi connectivity index (χ3n) is 2.46. The predicted octanol–water partition coefficient (Wildman–Crippen LogP) is 3.67. The standard InChI is InChI=1S/C13H9NOS/c15-12-8-11(9-4-2-1-3-5-9)14-10-6-7-16-13(10)12/h1-8H,(H,14,15). The number of thiophene rings is 1. The summed E-state index contributed by atoms with van der Waals surface area (Å²) in [5, 5.41) is 11.8. The van der Waals surface area contributed by atoms with E-state index in [1.165, 1.54) is 11.3 Å². The monoisotopic (exact) mass is 227 g/mol. The van der Waals surface area contributed by atoms with E-state index in [-0.39, 0.29) is 0 Å². The highest BCUT2D eigenvalue weighted by molar-refractivity contribution is 7.17. The minimum Gasteiger partial charge on any atom is -0.506 e. The summed E-state index contributed by atoms with van der Waals surface area (Å²) in [5.41, 5.74) is 2.68. The van der Waals surface area contributed by atoms with Crippen LogP contribution in [0.15, 0.2) is 47.8 Å². The number of pyridine rings is 1. The van der Waals surface area contributed by atoms with Gasteiger partial charge in [0.2, 0.25) is 0 Å². The summed E-state index contributed by atoms with van der Waals surface area (Å²) in [5.74, 6) is 0.304. The number of aromatic hydroxyl groups is 1. The van der Waals surface area contributed by atoms with Crippen LogP contribution in [0.4, 0.5) is 0 Å². The molecule has 16 heavy (non-hydrogen) atoms. The van der Waals surface area contributed by atoms with Crippen LogP contribution >= 0.6 is 11.3 Å². The Labute approximate surface area is 96.8 Å². The van der Waals surface area contributed by atoms with Crippen molar-refractivity contribution in [2.24, 2.45) is 0 Å². The van der Waals surface area contributed by atoms with E-state index in [4.69, 9.17) is 0 Å². The number of nitrogens with zero attached hydrogens (tertiary/aromatic N) is 1. The molecule has 3 heteroatoms. The molecule has 0 bridgehead atoms. The lowest BCUT2D eigenvalue weighted by Crippen LogP contribution is -1.83. The van der Waals surface area contributed by atoms with Crippen LogP contribution < -0.4 is 0 Å². The normalized spacial score (nSPS) is 10.8. The minimum atomic E-state index is 0.304. The average molecular weight is 227 g/mol. The molecular formula is C13H9NOS. The fraction of sp³-hybridized carbons (Fsp3) is 0. The zero-order valence-electron chi connectivity index (χ0n) is 8.42. The number of hydrogen-bond acceptors (Lipinski definition) is 3. The Morgan fingerprint density at radius 3 is 2.69 bits per heavy atom. The van der Waals surface area contributed by atoms with Crippen LogP contribution in [0.1, 0.15) is 0 Å². The van der Waals surface area contributed by atoms with E-state index < -0.39 is 0 Å². The number of aromatic nitrogens is 1. The van der Waals surface area contributed by atoms with Crippen molar-refractivity contribution in [3.05, 3.63) is 47.8 Å². The fourth-order valence-corrected chi connectivity index (χ4v) is 2.44. The van der Waals surface area contributed by atoms with Crippen molar-refractivity contribution < 1.29 is 5.11 Å². The van der Waals surface area contributed by atoms with Crippen LogP contribution in [0.25, 0.3) is 21.5 Å². The van der Waals surface area contributed by atoms with Gasteiger partial charge in [-0.25, -0.2) is 4.98 Å². The van der Waals surface area contributed by atoms with Gasteiger partial charge in [-0.1, -0.05) is 30.3 Å². The van der Waals surface area contributed by atoms with Gasteiger partial charge in [0.15, 0.2) is 0 Å². The average Bonchev–Trinajstić information content (AvgIpc) is 2.79. The third-order valence-corrected chi connectivity index (χ3v) is 3.39. The Balaban J connectivity index is 2.25. The summed E-state index contributed by atoms with van der Waals surface area (Å²) in [6, 6.07) is 13.5. The Morgan fingerprint density at radius 2 is 1.88 bits per heavy atom.